The van der Waals surface area contributed by atoms with E-state index in [4.69, 9.17) is 22.1 Å². The van der Waals surface area contributed by atoms with Crippen LogP contribution in [0.3, 0.4) is 0 Å². The van der Waals surface area contributed by atoms with Crippen molar-refractivity contribution in [2.24, 2.45) is 5.73 Å². The first kappa shape index (κ1) is 12.8. The van der Waals surface area contributed by atoms with E-state index in [9.17, 15) is 0 Å². The Kier molecular flexibility index (Phi) is 4.40. The Hall–Kier alpha value is -0.610. The fraction of sp³-hybridized carbons (Fsp3) is 0.538. The molecular weight excluding hydrogens is 236 g/mol. The van der Waals surface area contributed by atoms with Crippen molar-refractivity contribution in [2.45, 2.75) is 19.0 Å². The Bertz CT molecular complexity index is 384. The normalized spacial score (nSPS) is 19.6. The highest BCUT2D eigenvalue weighted by atomic mass is 35.5. The van der Waals surface area contributed by atoms with E-state index < -0.39 is 0 Å². The summed E-state index contributed by atoms with van der Waals surface area (Å²) in [6.07, 6.45) is 1.04. The van der Waals surface area contributed by atoms with Gasteiger partial charge in [0, 0.05) is 44.4 Å². The van der Waals surface area contributed by atoms with Gasteiger partial charge in [0.05, 0.1) is 0 Å². The minimum atomic E-state index is 0.306. The Morgan fingerprint density at radius 3 is 3.06 bits per heavy atom. The van der Waals surface area contributed by atoms with Gasteiger partial charge in [0.15, 0.2) is 0 Å². The highest BCUT2D eigenvalue weighted by molar-refractivity contribution is 6.30. The van der Waals surface area contributed by atoms with E-state index in [1.54, 1.807) is 7.11 Å². The van der Waals surface area contributed by atoms with Crippen LogP contribution in [0.25, 0.3) is 0 Å². The number of hydrogen-bond donors (Lipinski definition) is 1. The van der Waals surface area contributed by atoms with E-state index in [1.165, 1.54) is 11.1 Å². The van der Waals surface area contributed by atoms with E-state index in [0.717, 1.165) is 31.1 Å². The fourth-order valence-electron chi connectivity index (χ4n) is 2.47. The van der Waals surface area contributed by atoms with Gasteiger partial charge >= 0.3 is 0 Å². The number of nitrogens with two attached hydrogens (primary N) is 1. The Morgan fingerprint density at radius 1 is 1.53 bits per heavy atom. The molecule has 1 aliphatic rings. The summed E-state index contributed by atoms with van der Waals surface area (Å²) in [5, 5.41) is 0.793. The van der Waals surface area contributed by atoms with Crippen molar-refractivity contribution in [1.29, 1.82) is 0 Å². The SMILES string of the molecule is COCCCN1Cc2ccc(Cl)cc2C1CN. The zero-order valence-corrected chi connectivity index (χ0v) is 10.9. The first-order chi connectivity index (χ1) is 8.26. The summed E-state index contributed by atoms with van der Waals surface area (Å²) in [5.41, 5.74) is 8.52. The molecule has 0 saturated heterocycles. The van der Waals surface area contributed by atoms with Crippen LogP contribution in [0.4, 0.5) is 0 Å². The molecule has 0 bridgehead atoms. The molecule has 0 aromatic heterocycles. The predicted octanol–water partition coefficient (Wildman–Crippen LogP) is 2.19. The van der Waals surface area contributed by atoms with Gasteiger partial charge in [-0.25, -0.2) is 0 Å². The molecule has 3 nitrogen and oxygen atoms in total. The van der Waals surface area contributed by atoms with Crippen LogP contribution in [0.1, 0.15) is 23.6 Å². The van der Waals surface area contributed by atoms with E-state index >= 15 is 0 Å². The third-order valence-corrected chi connectivity index (χ3v) is 3.53. The predicted molar refractivity (Wildman–Crippen MR) is 70.2 cm³/mol. The van der Waals surface area contributed by atoms with Gasteiger partial charge in [-0.1, -0.05) is 17.7 Å². The topological polar surface area (TPSA) is 38.5 Å². The van der Waals surface area contributed by atoms with Gasteiger partial charge in [0.25, 0.3) is 0 Å². The fourth-order valence-corrected chi connectivity index (χ4v) is 2.65. The first-order valence-electron chi connectivity index (χ1n) is 5.97. The maximum absolute atomic E-state index is 6.04. The van der Waals surface area contributed by atoms with Crippen LogP contribution >= 0.6 is 11.6 Å². The molecule has 2 rings (SSSR count). The van der Waals surface area contributed by atoms with E-state index in [0.29, 0.717) is 12.6 Å². The van der Waals surface area contributed by atoms with Crippen LogP contribution in [0.2, 0.25) is 5.02 Å². The number of hydrogen-bond acceptors (Lipinski definition) is 3. The van der Waals surface area contributed by atoms with E-state index in [-0.39, 0.29) is 0 Å². The Morgan fingerprint density at radius 2 is 2.35 bits per heavy atom. The molecule has 17 heavy (non-hydrogen) atoms. The second-order valence-electron chi connectivity index (χ2n) is 4.41. The van der Waals surface area contributed by atoms with Crippen molar-refractivity contribution >= 4 is 11.6 Å². The molecule has 1 aromatic carbocycles. The van der Waals surface area contributed by atoms with Crippen molar-refractivity contribution in [3.8, 4) is 0 Å². The molecule has 0 fully saturated rings. The molecule has 1 heterocycles. The summed E-state index contributed by atoms with van der Waals surface area (Å²) >= 11 is 6.04. The average molecular weight is 255 g/mol. The van der Waals surface area contributed by atoms with Crippen LogP contribution in [-0.2, 0) is 11.3 Å². The van der Waals surface area contributed by atoms with Crippen molar-refractivity contribution < 1.29 is 4.74 Å². The molecule has 94 valence electrons. The van der Waals surface area contributed by atoms with Gasteiger partial charge in [-0.05, 0) is 29.7 Å². The molecule has 2 N–H and O–H groups in total. The minimum absolute atomic E-state index is 0.306. The van der Waals surface area contributed by atoms with Crippen LogP contribution in [0, 0.1) is 0 Å². The first-order valence-corrected chi connectivity index (χ1v) is 6.35. The summed E-state index contributed by atoms with van der Waals surface area (Å²) in [6.45, 7) is 3.42. The summed E-state index contributed by atoms with van der Waals surface area (Å²) in [4.78, 5) is 2.40. The smallest absolute Gasteiger partial charge is 0.0477 e. The molecule has 1 unspecified atom stereocenters. The molecule has 0 spiro atoms. The van der Waals surface area contributed by atoms with Crippen molar-refractivity contribution in [1.82, 2.24) is 4.90 Å². The molecular formula is C13H19ClN2O. The lowest BCUT2D eigenvalue weighted by Crippen LogP contribution is -2.29. The van der Waals surface area contributed by atoms with E-state index in [1.807, 2.05) is 12.1 Å². The Balaban J connectivity index is 2.08. The number of rotatable bonds is 5. The molecule has 1 aliphatic heterocycles. The molecule has 0 saturated carbocycles. The second kappa shape index (κ2) is 5.83. The summed E-state index contributed by atoms with van der Waals surface area (Å²) in [7, 11) is 1.74. The van der Waals surface area contributed by atoms with Crippen LogP contribution in [-0.4, -0.2) is 31.7 Å². The van der Waals surface area contributed by atoms with Gasteiger partial charge in [-0.2, -0.15) is 0 Å². The summed E-state index contributed by atoms with van der Waals surface area (Å²) in [5.74, 6) is 0. The second-order valence-corrected chi connectivity index (χ2v) is 4.85. The van der Waals surface area contributed by atoms with Gasteiger partial charge in [0.2, 0.25) is 0 Å². The third kappa shape index (κ3) is 2.80. The number of fused-ring (bicyclic) bond motifs is 1. The summed E-state index contributed by atoms with van der Waals surface area (Å²) < 4.78 is 5.09. The minimum Gasteiger partial charge on any atom is -0.385 e. The number of ether oxygens (including phenoxy) is 1. The number of benzene rings is 1. The van der Waals surface area contributed by atoms with Gasteiger partial charge in [-0.3, -0.25) is 4.90 Å². The lowest BCUT2D eigenvalue weighted by atomic mass is 10.1. The zero-order chi connectivity index (χ0) is 12.3. The molecule has 4 heteroatoms. The molecule has 0 radical (unpaired) electrons. The standard InChI is InChI=1S/C13H19ClN2O/c1-17-6-2-5-16-9-10-3-4-11(14)7-12(10)13(16)8-15/h3-4,7,13H,2,5-6,8-9,15H2,1H3. The largest absolute Gasteiger partial charge is 0.385 e. The maximum atomic E-state index is 6.04. The quantitative estimate of drug-likeness (QED) is 0.819. The average Bonchev–Trinajstić information content (AvgIpc) is 2.66. The molecule has 1 atom stereocenters. The number of halogens is 1. The summed E-state index contributed by atoms with van der Waals surface area (Å²) in [6, 6.07) is 6.41. The zero-order valence-electron chi connectivity index (χ0n) is 10.2. The van der Waals surface area contributed by atoms with Crippen LogP contribution in [0.15, 0.2) is 18.2 Å². The Labute approximate surface area is 107 Å². The van der Waals surface area contributed by atoms with Crippen molar-refractivity contribution in [2.75, 3.05) is 26.8 Å². The molecule has 0 aliphatic carbocycles. The lowest BCUT2D eigenvalue weighted by Gasteiger charge is -2.23. The number of methoxy groups -OCH3 is 1. The van der Waals surface area contributed by atoms with Gasteiger partial charge < -0.3 is 10.5 Å². The lowest BCUT2D eigenvalue weighted by molar-refractivity contribution is 0.156. The molecule has 1 aromatic rings. The monoisotopic (exact) mass is 254 g/mol. The highest BCUT2D eigenvalue weighted by Crippen LogP contribution is 2.34. The van der Waals surface area contributed by atoms with Crippen molar-refractivity contribution in [3.05, 3.63) is 34.3 Å². The van der Waals surface area contributed by atoms with Crippen molar-refractivity contribution in [3.63, 3.8) is 0 Å². The van der Waals surface area contributed by atoms with Gasteiger partial charge in [-0.15, -0.1) is 0 Å². The van der Waals surface area contributed by atoms with Crippen LogP contribution in [0.5, 0.6) is 0 Å². The van der Waals surface area contributed by atoms with E-state index in [2.05, 4.69) is 11.0 Å². The van der Waals surface area contributed by atoms with Gasteiger partial charge in [0.1, 0.15) is 0 Å². The maximum Gasteiger partial charge on any atom is 0.0477 e. The molecule has 0 amide bonds. The number of nitrogens with zero attached hydrogens (tertiary/aromatic N) is 1. The van der Waals surface area contributed by atoms with Crippen LogP contribution < -0.4 is 5.73 Å². The highest BCUT2D eigenvalue weighted by Gasteiger charge is 2.28. The third-order valence-electron chi connectivity index (χ3n) is 3.30.